The summed E-state index contributed by atoms with van der Waals surface area (Å²) >= 11 is 6.29. The summed E-state index contributed by atoms with van der Waals surface area (Å²) in [6.07, 6.45) is 0.754. The topological polar surface area (TPSA) is 95.6 Å². The average molecular weight is 500 g/mol. The second kappa shape index (κ2) is 11.2. The van der Waals surface area contributed by atoms with Gasteiger partial charge in [-0.05, 0) is 49.7 Å². The van der Waals surface area contributed by atoms with E-state index in [9.17, 15) is 18.0 Å². The fourth-order valence-electron chi connectivity index (χ4n) is 3.19. The first-order chi connectivity index (χ1) is 16.2. The molecule has 0 aliphatic rings. The van der Waals surface area contributed by atoms with Crippen molar-refractivity contribution in [1.29, 1.82) is 0 Å². The zero-order chi connectivity index (χ0) is 24.7. The first-order valence-corrected chi connectivity index (χ1v) is 12.6. The molecule has 0 saturated carbocycles. The van der Waals surface area contributed by atoms with Gasteiger partial charge >= 0.3 is 0 Å². The van der Waals surface area contributed by atoms with Crippen LogP contribution in [0.2, 0.25) is 5.02 Å². The fraction of sp³-hybridized carbons (Fsp3) is 0.200. The third-order valence-electron chi connectivity index (χ3n) is 5.18. The second-order valence-electron chi connectivity index (χ2n) is 7.65. The Hall–Kier alpha value is -3.36. The molecule has 0 radical (unpaired) electrons. The molecule has 2 N–H and O–H groups in total. The van der Waals surface area contributed by atoms with Gasteiger partial charge in [0.25, 0.3) is 15.9 Å². The number of hydrogen-bond acceptors (Lipinski definition) is 4. The van der Waals surface area contributed by atoms with Crippen molar-refractivity contribution in [3.05, 3.63) is 89.4 Å². The molecule has 0 bridgehead atoms. The average Bonchev–Trinajstić information content (AvgIpc) is 2.83. The Morgan fingerprint density at radius 3 is 2.24 bits per heavy atom. The summed E-state index contributed by atoms with van der Waals surface area (Å²) in [7, 11) is -4.10. The first-order valence-electron chi connectivity index (χ1n) is 10.8. The molecule has 2 amide bonds. The number of nitrogens with one attached hydrogen (secondary N) is 2. The highest BCUT2D eigenvalue weighted by atomic mass is 35.5. The van der Waals surface area contributed by atoms with E-state index in [1.165, 1.54) is 18.2 Å². The molecule has 34 heavy (non-hydrogen) atoms. The van der Waals surface area contributed by atoms with Crippen molar-refractivity contribution in [2.24, 2.45) is 0 Å². The molecular formula is C25H26ClN3O4S. The second-order valence-corrected chi connectivity index (χ2v) is 9.92. The minimum atomic E-state index is -4.10. The van der Waals surface area contributed by atoms with Gasteiger partial charge in [0.15, 0.2) is 0 Å². The molecule has 178 valence electrons. The molecule has 9 heteroatoms. The summed E-state index contributed by atoms with van der Waals surface area (Å²) in [4.78, 5) is 25.7. The maximum Gasteiger partial charge on any atom is 0.264 e. The Morgan fingerprint density at radius 1 is 0.941 bits per heavy atom. The lowest BCUT2D eigenvalue weighted by Crippen LogP contribution is -2.39. The number of amides is 2. The summed E-state index contributed by atoms with van der Waals surface area (Å²) in [5.41, 5.74) is 0.738. The Morgan fingerprint density at radius 2 is 1.56 bits per heavy atom. The van der Waals surface area contributed by atoms with Crippen molar-refractivity contribution >= 4 is 44.8 Å². The van der Waals surface area contributed by atoms with E-state index >= 15 is 0 Å². The maximum absolute atomic E-state index is 13.4. The molecule has 0 fully saturated rings. The number of carbonyl (C=O) groups is 2. The predicted molar refractivity (Wildman–Crippen MR) is 135 cm³/mol. The molecule has 0 heterocycles. The zero-order valence-corrected chi connectivity index (χ0v) is 20.4. The molecule has 3 aromatic rings. The van der Waals surface area contributed by atoms with Crippen molar-refractivity contribution in [1.82, 2.24) is 5.32 Å². The number of halogens is 1. The third kappa shape index (κ3) is 5.95. The maximum atomic E-state index is 13.4. The quantitative estimate of drug-likeness (QED) is 0.446. The van der Waals surface area contributed by atoms with Crippen LogP contribution in [0.25, 0.3) is 0 Å². The number of anilines is 2. The molecule has 3 rings (SSSR count). The van der Waals surface area contributed by atoms with Crippen LogP contribution >= 0.6 is 11.6 Å². The highest BCUT2D eigenvalue weighted by Crippen LogP contribution is 2.30. The Balaban J connectivity index is 1.91. The molecule has 3 aromatic carbocycles. The summed E-state index contributed by atoms with van der Waals surface area (Å²) < 4.78 is 27.8. The number of nitrogens with zero attached hydrogens (tertiary/aromatic N) is 1. The van der Waals surface area contributed by atoms with Crippen molar-refractivity contribution < 1.29 is 18.0 Å². The van der Waals surface area contributed by atoms with Crippen LogP contribution in [-0.2, 0) is 14.8 Å². The van der Waals surface area contributed by atoms with E-state index in [0.29, 0.717) is 0 Å². The van der Waals surface area contributed by atoms with Crippen LogP contribution in [0.4, 0.5) is 11.4 Å². The van der Waals surface area contributed by atoms with E-state index in [4.69, 9.17) is 11.6 Å². The predicted octanol–water partition coefficient (Wildman–Crippen LogP) is 4.70. The van der Waals surface area contributed by atoms with E-state index in [1.807, 2.05) is 13.8 Å². The molecule has 0 aliphatic heterocycles. The molecular weight excluding hydrogens is 474 g/mol. The van der Waals surface area contributed by atoms with Gasteiger partial charge in [0, 0.05) is 6.04 Å². The lowest BCUT2D eigenvalue weighted by molar-refractivity contribution is -0.114. The van der Waals surface area contributed by atoms with Crippen LogP contribution in [0.5, 0.6) is 0 Å². The molecule has 0 spiro atoms. The lowest BCUT2D eigenvalue weighted by atomic mass is 10.1. The van der Waals surface area contributed by atoms with E-state index in [2.05, 4.69) is 10.6 Å². The van der Waals surface area contributed by atoms with E-state index in [1.54, 1.807) is 60.7 Å². The van der Waals surface area contributed by atoms with Gasteiger partial charge in [-0.3, -0.25) is 13.9 Å². The number of rotatable bonds is 9. The molecule has 0 aromatic heterocycles. The first kappa shape index (κ1) is 25.3. The SMILES string of the molecule is CC[C@H](C)NC(=O)c1ccccc1NC(=O)CN(c1ccccc1Cl)S(=O)(=O)c1ccccc1. The van der Waals surface area contributed by atoms with Gasteiger partial charge in [-0.1, -0.05) is 61.0 Å². The standard InChI is InChI=1S/C25H26ClN3O4S/c1-3-18(2)27-25(31)20-13-7-9-15-22(20)28-24(30)17-29(23-16-10-8-14-21(23)26)34(32,33)19-11-5-4-6-12-19/h4-16,18H,3,17H2,1-2H3,(H,27,31)(H,28,30)/t18-/m0/s1. The van der Waals surface area contributed by atoms with Gasteiger partial charge in [0.05, 0.1) is 26.9 Å². The number of benzene rings is 3. The lowest BCUT2D eigenvalue weighted by Gasteiger charge is -2.25. The van der Waals surface area contributed by atoms with Crippen LogP contribution in [0.1, 0.15) is 30.6 Å². The molecule has 0 unspecified atom stereocenters. The minimum absolute atomic E-state index is 0.0241. The van der Waals surface area contributed by atoms with Crippen LogP contribution < -0.4 is 14.9 Å². The van der Waals surface area contributed by atoms with Crippen molar-refractivity contribution in [2.45, 2.75) is 31.2 Å². The number of carbonyl (C=O) groups excluding carboxylic acids is 2. The minimum Gasteiger partial charge on any atom is -0.350 e. The normalized spacial score (nSPS) is 12.0. The highest BCUT2D eigenvalue weighted by molar-refractivity contribution is 7.92. The monoisotopic (exact) mass is 499 g/mol. The largest absolute Gasteiger partial charge is 0.350 e. The summed E-state index contributed by atoms with van der Waals surface area (Å²) in [6, 6.07) is 20.7. The Kier molecular flexibility index (Phi) is 8.31. The van der Waals surface area contributed by atoms with Gasteiger partial charge in [0.2, 0.25) is 5.91 Å². The third-order valence-corrected chi connectivity index (χ3v) is 7.27. The van der Waals surface area contributed by atoms with Gasteiger partial charge in [-0.15, -0.1) is 0 Å². The van der Waals surface area contributed by atoms with E-state index in [0.717, 1.165) is 10.7 Å². The fourth-order valence-corrected chi connectivity index (χ4v) is 4.94. The van der Waals surface area contributed by atoms with Crippen LogP contribution in [0.15, 0.2) is 83.8 Å². The zero-order valence-electron chi connectivity index (χ0n) is 18.9. The van der Waals surface area contributed by atoms with E-state index in [-0.39, 0.29) is 38.8 Å². The highest BCUT2D eigenvalue weighted by Gasteiger charge is 2.29. The van der Waals surface area contributed by atoms with Crippen molar-refractivity contribution in [3.8, 4) is 0 Å². The van der Waals surface area contributed by atoms with Gasteiger partial charge < -0.3 is 10.6 Å². The summed E-state index contributed by atoms with van der Waals surface area (Å²) in [5.74, 6) is -0.951. The number of sulfonamides is 1. The molecule has 0 aliphatic carbocycles. The number of hydrogen-bond donors (Lipinski definition) is 2. The van der Waals surface area contributed by atoms with Gasteiger partial charge in [0.1, 0.15) is 6.54 Å². The van der Waals surface area contributed by atoms with Gasteiger partial charge in [-0.2, -0.15) is 0 Å². The number of para-hydroxylation sites is 2. The molecule has 1 atom stereocenters. The van der Waals surface area contributed by atoms with Crippen molar-refractivity contribution in [3.63, 3.8) is 0 Å². The van der Waals surface area contributed by atoms with E-state index < -0.39 is 22.5 Å². The Labute approximate surface area is 204 Å². The molecule has 7 nitrogen and oxygen atoms in total. The molecule has 0 saturated heterocycles. The Bertz CT molecular complexity index is 1270. The van der Waals surface area contributed by atoms with Gasteiger partial charge in [-0.25, -0.2) is 8.42 Å². The van der Waals surface area contributed by atoms with Crippen molar-refractivity contribution in [2.75, 3.05) is 16.2 Å². The smallest absolute Gasteiger partial charge is 0.264 e. The summed E-state index contributed by atoms with van der Waals surface area (Å²) in [5, 5.41) is 5.73. The van der Waals surface area contributed by atoms with Crippen LogP contribution in [-0.4, -0.2) is 32.8 Å². The summed E-state index contributed by atoms with van der Waals surface area (Å²) in [6.45, 7) is 3.30. The van der Waals surface area contributed by atoms with Crippen LogP contribution in [0, 0.1) is 0 Å². The van der Waals surface area contributed by atoms with Crippen LogP contribution in [0.3, 0.4) is 0 Å².